The Morgan fingerprint density at radius 3 is 2.64 bits per heavy atom. The highest BCUT2D eigenvalue weighted by Crippen LogP contribution is 2.53. The van der Waals surface area contributed by atoms with E-state index in [0.29, 0.717) is 11.3 Å². The molecule has 7 heteroatoms. The lowest BCUT2D eigenvalue weighted by atomic mass is 10.0. The molecule has 0 unspecified atom stereocenters. The Morgan fingerprint density at radius 1 is 1.25 bits per heavy atom. The molecule has 0 bridgehead atoms. The third-order valence-corrected chi connectivity index (χ3v) is 8.51. The Hall–Kier alpha value is -1.75. The van der Waals surface area contributed by atoms with Crippen LogP contribution in [0.25, 0.3) is 0 Å². The highest BCUT2D eigenvalue weighted by Gasteiger charge is 2.37. The van der Waals surface area contributed by atoms with E-state index in [4.69, 9.17) is 9.84 Å². The van der Waals surface area contributed by atoms with Crippen LogP contribution in [0.4, 0.5) is 0 Å². The van der Waals surface area contributed by atoms with Gasteiger partial charge in [0, 0.05) is 28.6 Å². The molecule has 1 aromatic carbocycles. The summed E-state index contributed by atoms with van der Waals surface area (Å²) >= 11 is 5.34. The number of rotatable bonds is 5. The van der Waals surface area contributed by atoms with Crippen LogP contribution in [0.15, 0.2) is 35.4 Å². The van der Waals surface area contributed by atoms with E-state index in [1.54, 1.807) is 30.1 Å². The molecule has 1 N–H and O–H groups in total. The van der Waals surface area contributed by atoms with E-state index in [1.807, 2.05) is 29.8 Å². The van der Waals surface area contributed by atoms with Gasteiger partial charge < -0.3 is 9.84 Å². The number of nitrogens with zero attached hydrogens (tertiary/aromatic N) is 1. The molecule has 146 valence electrons. The molecular weight excluding hydrogens is 410 g/mol. The first-order chi connectivity index (χ1) is 13.5. The third-order valence-electron chi connectivity index (χ3n) is 4.57. The summed E-state index contributed by atoms with van der Waals surface area (Å²) in [7, 11) is 0. The van der Waals surface area contributed by atoms with Crippen molar-refractivity contribution in [3.63, 3.8) is 0 Å². The molecule has 0 radical (unpaired) electrons. The van der Waals surface area contributed by atoms with Gasteiger partial charge in [-0.2, -0.15) is 0 Å². The zero-order valence-corrected chi connectivity index (χ0v) is 18.4. The molecule has 0 saturated carbocycles. The number of hydrogen-bond acceptors (Lipinski definition) is 6. The second-order valence-electron chi connectivity index (χ2n) is 6.18. The van der Waals surface area contributed by atoms with Crippen molar-refractivity contribution in [3.8, 4) is 17.6 Å². The van der Waals surface area contributed by atoms with Crippen molar-refractivity contribution in [1.29, 1.82) is 0 Å². The van der Waals surface area contributed by atoms with Gasteiger partial charge in [0.15, 0.2) is 0 Å². The van der Waals surface area contributed by atoms with Crippen LogP contribution in [-0.2, 0) is 15.3 Å². The maximum absolute atomic E-state index is 10.8. The van der Waals surface area contributed by atoms with Gasteiger partial charge in [-0.3, -0.25) is 4.79 Å². The molecule has 4 nitrogen and oxygen atoms in total. The minimum atomic E-state index is -0.868. The molecule has 1 aromatic heterocycles. The first-order valence-electron chi connectivity index (χ1n) is 8.65. The van der Waals surface area contributed by atoms with Crippen molar-refractivity contribution >= 4 is 41.3 Å². The quantitative estimate of drug-likeness (QED) is 0.425. The maximum Gasteiger partial charge on any atom is 0.307 e. The maximum atomic E-state index is 10.8. The number of thioether (sulfide) groups is 3. The largest absolute Gasteiger partial charge is 0.493 e. The van der Waals surface area contributed by atoms with Crippen LogP contribution in [0.5, 0.6) is 5.75 Å². The lowest BCUT2D eigenvalue weighted by molar-refractivity contribution is -0.136. The van der Waals surface area contributed by atoms with Crippen LogP contribution in [0, 0.1) is 11.8 Å². The van der Waals surface area contributed by atoms with E-state index in [2.05, 4.69) is 41.5 Å². The highest BCUT2D eigenvalue weighted by atomic mass is 32.2. The molecule has 28 heavy (non-hydrogen) atoms. The number of pyridine rings is 1. The van der Waals surface area contributed by atoms with Gasteiger partial charge in [0.25, 0.3) is 0 Å². The van der Waals surface area contributed by atoms with Gasteiger partial charge in [-0.05, 0) is 48.5 Å². The summed E-state index contributed by atoms with van der Waals surface area (Å²) < 4.78 is 5.92. The summed E-state index contributed by atoms with van der Waals surface area (Å²) in [5.74, 6) is 6.44. The average molecular weight is 432 g/mol. The summed E-state index contributed by atoms with van der Waals surface area (Å²) in [5.41, 5.74) is 3.43. The number of ether oxygens (including phenoxy) is 1. The lowest BCUT2D eigenvalue weighted by Gasteiger charge is -2.36. The molecule has 0 atom stereocenters. The molecule has 1 aliphatic heterocycles. The predicted molar refractivity (Wildman–Crippen MR) is 119 cm³/mol. The van der Waals surface area contributed by atoms with E-state index in [9.17, 15) is 4.79 Å². The number of aromatic nitrogens is 1. The minimum absolute atomic E-state index is 0.0162. The van der Waals surface area contributed by atoms with E-state index in [0.717, 1.165) is 29.2 Å². The number of fused-ring (bicyclic) bond motifs is 1. The van der Waals surface area contributed by atoms with Crippen LogP contribution in [0.2, 0.25) is 0 Å². The predicted octanol–water partition coefficient (Wildman–Crippen LogP) is 4.49. The molecule has 2 aromatic rings. The topological polar surface area (TPSA) is 59.4 Å². The first-order valence-corrected chi connectivity index (χ1v) is 12.3. The third kappa shape index (κ3) is 4.45. The van der Waals surface area contributed by atoms with Gasteiger partial charge in [-0.1, -0.05) is 12.0 Å². The smallest absolute Gasteiger partial charge is 0.307 e. The van der Waals surface area contributed by atoms with Gasteiger partial charge in [0.05, 0.1) is 17.1 Å². The van der Waals surface area contributed by atoms with Gasteiger partial charge in [0.2, 0.25) is 0 Å². The molecule has 0 fully saturated rings. The van der Waals surface area contributed by atoms with E-state index < -0.39 is 5.97 Å². The van der Waals surface area contributed by atoms with Crippen molar-refractivity contribution in [2.45, 2.75) is 21.8 Å². The number of carbonyl (C=O) groups is 1. The fourth-order valence-corrected chi connectivity index (χ4v) is 5.65. The fourth-order valence-electron chi connectivity index (χ4n) is 3.09. The summed E-state index contributed by atoms with van der Waals surface area (Å²) in [6, 6.07) is 7.76. The highest BCUT2D eigenvalue weighted by molar-refractivity contribution is 8.16. The zero-order chi connectivity index (χ0) is 20.1. The molecule has 0 saturated heterocycles. The second kappa shape index (κ2) is 9.17. The number of benzene rings is 1. The van der Waals surface area contributed by atoms with Gasteiger partial charge >= 0.3 is 5.97 Å². The molecule has 3 rings (SSSR count). The minimum Gasteiger partial charge on any atom is -0.493 e. The summed E-state index contributed by atoms with van der Waals surface area (Å²) in [6.07, 6.45) is 8.81. The van der Waals surface area contributed by atoms with Crippen molar-refractivity contribution in [2.24, 2.45) is 0 Å². The Kier molecular flexibility index (Phi) is 6.86. The summed E-state index contributed by atoms with van der Waals surface area (Å²) in [6.45, 7) is 0.722. The van der Waals surface area contributed by atoms with Crippen LogP contribution in [-0.4, -0.2) is 41.4 Å². The molecule has 2 heterocycles. The average Bonchev–Trinajstić information content (AvgIpc) is 2.71. The van der Waals surface area contributed by atoms with Crippen LogP contribution in [0.1, 0.15) is 28.8 Å². The normalized spacial score (nSPS) is 14.4. The van der Waals surface area contributed by atoms with Gasteiger partial charge in [-0.25, -0.2) is 4.98 Å². The van der Waals surface area contributed by atoms with Crippen LogP contribution < -0.4 is 4.74 Å². The lowest BCUT2D eigenvalue weighted by Crippen LogP contribution is -2.26. The molecule has 0 amide bonds. The molecule has 1 aliphatic rings. The Balaban J connectivity index is 1.97. The molecule has 0 spiro atoms. The van der Waals surface area contributed by atoms with Crippen molar-refractivity contribution in [3.05, 3.63) is 52.8 Å². The Morgan fingerprint density at radius 2 is 2.04 bits per heavy atom. The fraction of sp³-hybridized carbons (Fsp3) is 0.333. The van der Waals surface area contributed by atoms with Crippen LogP contribution >= 0.6 is 35.3 Å². The van der Waals surface area contributed by atoms with Crippen molar-refractivity contribution in [2.75, 3.05) is 25.4 Å². The molecular formula is C21H21NO3S3. The van der Waals surface area contributed by atoms with Crippen LogP contribution in [0.3, 0.4) is 0 Å². The van der Waals surface area contributed by atoms with Crippen molar-refractivity contribution < 1.29 is 14.6 Å². The second-order valence-corrected chi connectivity index (χ2v) is 9.50. The monoisotopic (exact) mass is 431 g/mol. The van der Waals surface area contributed by atoms with Crippen molar-refractivity contribution in [1.82, 2.24) is 4.98 Å². The zero-order valence-electron chi connectivity index (χ0n) is 15.9. The number of carboxylic acid groups (broad SMARTS) is 1. The number of carboxylic acids is 1. The summed E-state index contributed by atoms with van der Waals surface area (Å²) in [4.78, 5) is 16.1. The van der Waals surface area contributed by atoms with E-state index in [1.165, 1.54) is 5.56 Å². The Bertz CT molecular complexity index is 928. The number of aliphatic carboxylic acids is 1. The Labute approximate surface area is 178 Å². The standard InChI is InChI=1S/C21H21NO3S3/c1-26-19-12-18-17(21(27-2,28-3)8-9-25-18)11-15(19)5-7-16-6-4-14(13-22-16)10-20(23)24/h4,6,11-13H,8-10H2,1-3H3,(H,23,24). The van der Waals surface area contributed by atoms with E-state index in [-0.39, 0.29) is 10.5 Å². The van der Waals surface area contributed by atoms with Gasteiger partial charge in [0.1, 0.15) is 11.4 Å². The summed E-state index contributed by atoms with van der Waals surface area (Å²) in [5, 5.41) is 8.85. The number of hydrogen-bond donors (Lipinski definition) is 1. The molecule has 0 aliphatic carbocycles. The van der Waals surface area contributed by atoms with Gasteiger partial charge in [-0.15, -0.1) is 35.3 Å². The first kappa shape index (κ1) is 21.0. The van der Waals surface area contributed by atoms with E-state index >= 15 is 0 Å². The SMILES string of the molecule is CSc1cc2c(cc1C#Cc1ccc(CC(=O)O)cn1)C(SC)(SC)CCO2.